The van der Waals surface area contributed by atoms with Crippen LogP contribution in [0.25, 0.3) is 10.9 Å². The number of benzene rings is 1. The van der Waals surface area contributed by atoms with E-state index in [4.69, 9.17) is 0 Å². The number of fused-ring (bicyclic) bond motifs is 1. The number of amides is 1. The molecule has 0 saturated carbocycles. The number of rotatable bonds is 5. The van der Waals surface area contributed by atoms with Crippen LogP contribution in [0.15, 0.2) is 48.0 Å². The van der Waals surface area contributed by atoms with Gasteiger partial charge in [-0.1, -0.05) is 18.2 Å². The van der Waals surface area contributed by atoms with Crippen LogP contribution >= 0.6 is 11.3 Å². The number of nitrogens with zero attached hydrogens (tertiary/aromatic N) is 1. The van der Waals surface area contributed by atoms with E-state index < -0.39 is 0 Å². The van der Waals surface area contributed by atoms with Crippen molar-refractivity contribution in [3.63, 3.8) is 0 Å². The minimum absolute atomic E-state index is 0.0415. The Morgan fingerprint density at radius 2 is 2.10 bits per heavy atom. The second-order valence-electron chi connectivity index (χ2n) is 5.11. The summed E-state index contributed by atoms with van der Waals surface area (Å²) in [4.78, 5) is 12.8. The molecule has 0 aliphatic carbocycles. The first-order valence-corrected chi connectivity index (χ1v) is 8.00. The summed E-state index contributed by atoms with van der Waals surface area (Å²) in [5.41, 5.74) is 2.30. The molecule has 3 rings (SSSR count). The van der Waals surface area contributed by atoms with Crippen LogP contribution in [0.2, 0.25) is 0 Å². The van der Waals surface area contributed by atoms with Crippen molar-refractivity contribution in [3.8, 4) is 0 Å². The summed E-state index contributed by atoms with van der Waals surface area (Å²) in [5.74, 6) is 0.0415. The topological polar surface area (TPSA) is 34.0 Å². The molecule has 3 aromatic rings. The Labute approximate surface area is 128 Å². The van der Waals surface area contributed by atoms with E-state index in [9.17, 15) is 4.79 Å². The minimum atomic E-state index is 0.0415. The second-order valence-corrected chi connectivity index (χ2v) is 6.03. The first-order valence-electron chi connectivity index (χ1n) is 7.12. The fourth-order valence-electron chi connectivity index (χ4n) is 2.47. The Bertz CT molecular complexity index is 757. The zero-order valence-electron chi connectivity index (χ0n) is 12.0. The molecule has 0 aliphatic heterocycles. The van der Waals surface area contributed by atoms with Crippen molar-refractivity contribution in [1.29, 1.82) is 0 Å². The molecule has 1 amide bonds. The number of hydrogen-bond acceptors (Lipinski definition) is 2. The number of carbonyl (C=O) groups is 1. The van der Waals surface area contributed by atoms with Crippen molar-refractivity contribution >= 4 is 28.1 Å². The van der Waals surface area contributed by atoms with Gasteiger partial charge in [-0.3, -0.25) is 4.79 Å². The summed E-state index contributed by atoms with van der Waals surface area (Å²) >= 11 is 1.50. The molecular weight excluding hydrogens is 280 g/mol. The van der Waals surface area contributed by atoms with Gasteiger partial charge in [0.2, 0.25) is 0 Å². The van der Waals surface area contributed by atoms with Gasteiger partial charge in [-0.25, -0.2) is 0 Å². The molecule has 0 bridgehead atoms. The van der Waals surface area contributed by atoms with Crippen molar-refractivity contribution in [3.05, 3.63) is 58.4 Å². The van der Waals surface area contributed by atoms with Crippen LogP contribution in [-0.2, 0) is 6.54 Å². The lowest BCUT2D eigenvalue weighted by molar-refractivity contribution is 0.0956. The van der Waals surface area contributed by atoms with E-state index in [2.05, 4.69) is 46.4 Å². The van der Waals surface area contributed by atoms with E-state index in [0.717, 1.165) is 23.4 Å². The van der Waals surface area contributed by atoms with E-state index in [1.54, 1.807) is 0 Å². The van der Waals surface area contributed by atoms with Gasteiger partial charge in [0.15, 0.2) is 0 Å². The quantitative estimate of drug-likeness (QED) is 0.714. The summed E-state index contributed by atoms with van der Waals surface area (Å²) < 4.78 is 2.23. The molecule has 2 aromatic heterocycles. The van der Waals surface area contributed by atoms with Gasteiger partial charge in [0.05, 0.1) is 4.88 Å². The van der Waals surface area contributed by atoms with Gasteiger partial charge in [0, 0.05) is 24.8 Å². The van der Waals surface area contributed by atoms with Crippen molar-refractivity contribution < 1.29 is 4.79 Å². The van der Waals surface area contributed by atoms with E-state index in [-0.39, 0.29) is 5.91 Å². The van der Waals surface area contributed by atoms with Crippen molar-refractivity contribution in [1.82, 2.24) is 9.88 Å². The Hall–Kier alpha value is -2.07. The number of hydrogen-bond donors (Lipinski definition) is 1. The molecule has 0 atom stereocenters. The Morgan fingerprint density at radius 3 is 2.90 bits per heavy atom. The Morgan fingerprint density at radius 1 is 1.24 bits per heavy atom. The molecule has 3 nitrogen and oxygen atoms in total. The lowest BCUT2D eigenvalue weighted by atomic mass is 10.2. The van der Waals surface area contributed by atoms with Crippen LogP contribution < -0.4 is 5.32 Å². The van der Waals surface area contributed by atoms with Gasteiger partial charge in [0.25, 0.3) is 5.91 Å². The maximum Gasteiger partial charge on any atom is 0.261 e. The third-order valence-corrected chi connectivity index (χ3v) is 4.63. The second kappa shape index (κ2) is 6.14. The number of thiophene rings is 1. The highest BCUT2D eigenvalue weighted by atomic mass is 32.1. The third kappa shape index (κ3) is 3.00. The SMILES string of the molecule is Cc1ccsc1C(=O)NCCCn1ccc2ccccc21. The Kier molecular flexibility index (Phi) is 4.06. The largest absolute Gasteiger partial charge is 0.351 e. The molecule has 108 valence electrons. The number of aromatic nitrogens is 1. The lowest BCUT2D eigenvalue weighted by Gasteiger charge is -2.07. The standard InChI is InChI=1S/C17H18N2OS/c1-13-8-12-21-16(13)17(20)18-9-4-10-19-11-7-14-5-2-3-6-15(14)19/h2-3,5-8,11-12H,4,9-10H2,1H3,(H,18,20). The third-order valence-electron chi connectivity index (χ3n) is 3.61. The van der Waals surface area contributed by atoms with Crippen molar-refractivity contribution in [2.24, 2.45) is 0 Å². The van der Waals surface area contributed by atoms with E-state index >= 15 is 0 Å². The molecule has 0 unspecified atom stereocenters. The van der Waals surface area contributed by atoms with Gasteiger partial charge in [0.1, 0.15) is 0 Å². The summed E-state index contributed by atoms with van der Waals surface area (Å²) in [6.45, 7) is 3.58. The molecule has 1 aromatic carbocycles. The summed E-state index contributed by atoms with van der Waals surface area (Å²) in [6, 6.07) is 12.5. The molecule has 0 saturated heterocycles. The predicted molar refractivity (Wildman–Crippen MR) is 87.9 cm³/mol. The maximum atomic E-state index is 12.0. The van der Waals surface area contributed by atoms with Crippen LogP contribution in [0.4, 0.5) is 0 Å². The molecule has 4 heteroatoms. The van der Waals surface area contributed by atoms with Crippen LogP contribution in [0.3, 0.4) is 0 Å². The summed E-state index contributed by atoms with van der Waals surface area (Å²) in [6.07, 6.45) is 3.03. The van der Waals surface area contributed by atoms with Crippen LogP contribution in [0.1, 0.15) is 21.7 Å². The van der Waals surface area contributed by atoms with Gasteiger partial charge >= 0.3 is 0 Å². The van der Waals surface area contributed by atoms with Crippen molar-refractivity contribution in [2.75, 3.05) is 6.54 Å². The normalized spacial score (nSPS) is 10.9. The number of carbonyl (C=O) groups excluding carboxylic acids is 1. The highest BCUT2D eigenvalue weighted by Crippen LogP contribution is 2.16. The van der Waals surface area contributed by atoms with Crippen molar-refractivity contribution in [2.45, 2.75) is 19.9 Å². The van der Waals surface area contributed by atoms with Gasteiger partial charge in [-0.05, 0) is 47.9 Å². The molecular formula is C17H18N2OS. The molecule has 0 aliphatic rings. The number of nitrogens with one attached hydrogen (secondary N) is 1. The van der Waals surface area contributed by atoms with Crippen LogP contribution in [0, 0.1) is 6.92 Å². The van der Waals surface area contributed by atoms with E-state index in [1.807, 2.05) is 18.4 Å². The maximum absolute atomic E-state index is 12.0. The molecule has 0 radical (unpaired) electrons. The van der Waals surface area contributed by atoms with Gasteiger partial charge in [-0.2, -0.15) is 0 Å². The number of para-hydroxylation sites is 1. The molecule has 1 N–H and O–H groups in total. The van der Waals surface area contributed by atoms with Gasteiger partial charge in [-0.15, -0.1) is 11.3 Å². The first kappa shape index (κ1) is 13.9. The van der Waals surface area contributed by atoms with Crippen LogP contribution in [0.5, 0.6) is 0 Å². The first-order chi connectivity index (χ1) is 10.3. The van der Waals surface area contributed by atoms with E-state index in [1.165, 1.54) is 22.2 Å². The summed E-state index contributed by atoms with van der Waals surface area (Å²) in [5, 5.41) is 6.21. The average Bonchev–Trinajstić information content (AvgIpc) is 3.10. The highest BCUT2D eigenvalue weighted by Gasteiger charge is 2.09. The zero-order valence-corrected chi connectivity index (χ0v) is 12.8. The molecule has 2 heterocycles. The fourth-order valence-corrected chi connectivity index (χ4v) is 3.31. The van der Waals surface area contributed by atoms with E-state index in [0.29, 0.717) is 6.54 Å². The average molecular weight is 298 g/mol. The Balaban J connectivity index is 1.53. The molecule has 21 heavy (non-hydrogen) atoms. The number of aryl methyl sites for hydroxylation is 2. The van der Waals surface area contributed by atoms with Gasteiger partial charge < -0.3 is 9.88 Å². The zero-order chi connectivity index (χ0) is 14.7. The molecule has 0 fully saturated rings. The lowest BCUT2D eigenvalue weighted by Crippen LogP contribution is -2.24. The smallest absolute Gasteiger partial charge is 0.261 e. The monoisotopic (exact) mass is 298 g/mol. The molecule has 0 spiro atoms. The minimum Gasteiger partial charge on any atom is -0.351 e. The predicted octanol–water partition coefficient (Wildman–Crippen LogP) is 3.83. The fraction of sp³-hybridized carbons (Fsp3) is 0.235. The van der Waals surface area contributed by atoms with Crippen LogP contribution in [-0.4, -0.2) is 17.0 Å². The highest BCUT2D eigenvalue weighted by molar-refractivity contribution is 7.12. The summed E-state index contributed by atoms with van der Waals surface area (Å²) in [7, 11) is 0.